The quantitative estimate of drug-likeness (QED) is 0.576. The van der Waals surface area contributed by atoms with Gasteiger partial charge in [-0.2, -0.15) is 0 Å². The molecule has 3 heteroatoms. The van der Waals surface area contributed by atoms with Gasteiger partial charge in [0.15, 0.2) is 0 Å². The second-order valence-corrected chi connectivity index (χ2v) is 5.60. The Kier molecular flexibility index (Phi) is 7.25. The van der Waals surface area contributed by atoms with E-state index in [1.807, 2.05) is 0 Å². The van der Waals surface area contributed by atoms with Crippen molar-refractivity contribution in [3.8, 4) is 0 Å². The van der Waals surface area contributed by atoms with E-state index in [1.165, 1.54) is 38.5 Å². The van der Waals surface area contributed by atoms with Gasteiger partial charge < -0.3 is 10.6 Å². The molecule has 2 N–H and O–H groups in total. The van der Waals surface area contributed by atoms with E-state index in [1.54, 1.807) is 0 Å². The highest BCUT2D eigenvalue weighted by Crippen LogP contribution is 2.17. The summed E-state index contributed by atoms with van der Waals surface area (Å²) in [6.07, 6.45) is 8.80. The summed E-state index contributed by atoms with van der Waals surface area (Å²) < 4.78 is 0. The summed E-state index contributed by atoms with van der Waals surface area (Å²) in [6, 6.07) is 0.622. The Labute approximate surface area is 106 Å². The van der Waals surface area contributed by atoms with Gasteiger partial charge >= 0.3 is 0 Å². The fourth-order valence-electron chi connectivity index (χ4n) is 1.85. The molecule has 1 aliphatic carbocycles. The Bertz CT molecular complexity index is 212. The van der Waals surface area contributed by atoms with E-state index in [-0.39, 0.29) is 5.91 Å². The Hall–Kier alpha value is -0.570. The van der Waals surface area contributed by atoms with Crippen LogP contribution in [-0.4, -0.2) is 25.0 Å². The smallest absolute Gasteiger partial charge is 0.233 e. The molecule has 0 aromatic heterocycles. The van der Waals surface area contributed by atoms with Gasteiger partial charge in [0.25, 0.3) is 0 Å². The first-order valence-electron chi connectivity index (χ1n) is 7.18. The number of rotatable bonds is 10. The van der Waals surface area contributed by atoms with Crippen molar-refractivity contribution in [2.24, 2.45) is 5.92 Å². The summed E-state index contributed by atoms with van der Waals surface area (Å²) in [6.45, 7) is 5.88. The molecule has 0 unspecified atom stereocenters. The van der Waals surface area contributed by atoms with Gasteiger partial charge in [-0.25, -0.2) is 0 Å². The van der Waals surface area contributed by atoms with Crippen LogP contribution in [0.2, 0.25) is 0 Å². The highest BCUT2D eigenvalue weighted by Gasteiger charge is 2.20. The third-order valence-corrected chi connectivity index (χ3v) is 3.16. The molecule has 0 aromatic rings. The lowest BCUT2D eigenvalue weighted by Gasteiger charge is -2.06. The zero-order valence-electron chi connectivity index (χ0n) is 11.4. The van der Waals surface area contributed by atoms with Crippen LogP contribution in [0.3, 0.4) is 0 Å². The zero-order chi connectivity index (χ0) is 12.5. The SMILES string of the molecule is CC(C)CCCCCCNC(=O)CNC1CC1. The predicted octanol–water partition coefficient (Wildman–Crippen LogP) is 2.46. The van der Waals surface area contributed by atoms with Gasteiger partial charge in [0.05, 0.1) is 6.54 Å². The number of carbonyl (C=O) groups is 1. The average Bonchev–Trinajstić information content (AvgIpc) is 3.08. The molecule has 0 spiro atoms. The van der Waals surface area contributed by atoms with Gasteiger partial charge in [-0.05, 0) is 25.2 Å². The zero-order valence-corrected chi connectivity index (χ0v) is 11.4. The molecule has 0 heterocycles. The van der Waals surface area contributed by atoms with E-state index < -0.39 is 0 Å². The molecule has 0 aromatic carbocycles. The van der Waals surface area contributed by atoms with Crippen LogP contribution in [0.1, 0.15) is 58.8 Å². The standard InChI is InChI=1S/C14H28N2O/c1-12(2)7-5-3-4-6-10-15-14(17)11-16-13-8-9-13/h12-13,16H,3-11H2,1-2H3,(H,15,17). The first-order valence-corrected chi connectivity index (χ1v) is 7.18. The van der Waals surface area contributed by atoms with Crippen LogP contribution < -0.4 is 10.6 Å². The van der Waals surface area contributed by atoms with E-state index in [0.717, 1.165) is 18.9 Å². The lowest BCUT2D eigenvalue weighted by atomic mass is 10.0. The van der Waals surface area contributed by atoms with Crippen molar-refractivity contribution in [2.45, 2.75) is 64.8 Å². The lowest BCUT2D eigenvalue weighted by molar-refractivity contribution is -0.120. The summed E-state index contributed by atoms with van der Waals surface area (Å²) in [4.78, 5) is 11.4. The maximum atomic E-state index is 11.4. The third-order valence-electron chi connectivity index (χ3n) is 3.16. The minimum Gasteiger partial charge on any atom is -0.355 e. The molecular formula is C14H28N2O. The van der Waals surface area contributed by atoms with Crippen LogP contribution in [-0.2, 0) is 4.79 Å². The molecule has 0 radical (unpaired) electrons. The normalized spacial score (nSPS) is 15.2. The number of unbranched alkanes of at least 4 members (excludes halogenated alkanes) is 3. The van der Waals surface area contributed by atoms with E-state index in [0.29, 0.717) is 12.6 Å². The summed E-state index contributed by atoms with van der Waals surface area (Å²) >= 11 is 0. The van der Waals surface area contributed by atoms with Crippen LogP contribution in [0.5, 0.6) is 0 Å². The van der Waals surface area contributed by atoms with Crippen LogP contribution in [0, 0.1) is 5.92 Å². The topological polar surface area (TPSA) is 41.1 Å². The highest BCUT2D eigenvalue weighted by atomic mass is 16.1. The number of hydrogen-bond donors (Lipinski definition) is 2. The van der Waals surface area contributed by atoms with Gasteiger partial charge in [0.1, 0.15) is 0 Å². The maximum absolute atomic E-state index is 11.4. The molecular weight excluding hydrogens is 212 g/mol. The first-order chi connectivity index (χ1) is 8.18. The fraction of sp³-hybridized carbons (Fsp3) is 0.929. The summed E-state index contributed by atoms with van der Waals surface area (Å²) in [7, 11) is 0. The second-order valence-electron chi connectivity index (χ2n) is 5.60. The van der Waals surface area contributed by atoms with Crippen LogP contribution in [0.15, 0.2) is 0 Å². The Morgan fingerprint density at radius 2 is 1.88 bits per heavy atom. The van der Waals surface area contributed by atoms with Crippen molar-refractivity contribution >= 4 is 5.91 Å². The molecule has 0 bridgehead atoms. The number of nitrogens with one attached hydrogen (secondary N) is 2. The van der Waals surface area contributed by atoms with E-state index in [2.05, 4.69) is 24.5 Å². The van der Waals surface area contributed by atoms with Crippen molar-refractivity contribution < 1.29 is 4.79 Å². The van der Waals surface area contributed by atoms with Crippen molar-refractivity contribution in [1.82, 2.24) is 10.6 Å². The number of carbonyl (C=O) groups excluding carboxylic acids is 1. The van der Waals surface area contributed by atoms with Crippen molar-refractivity contribution in [3.63, 3.8) is 0 Å². The van der Waals surface area contributed by atoms with Gasteiger partial charge in [-0.3, -0.25) is 4.79 Å². The summed E-state index contributed by atoms with van der Waals surface area (Å²) in [5.74, 6) is 0.974. The largest absolute Gasteiger partial charge is 0.355 e. The van der Waals surface area contributed by atoms with Gasteiger partial charge in [-0.1, -0.05) is 39.5 Å². The van der Waals surface area contributed by atoms with Crippen LogP contribution in [0.4, 0.5) is 0 Å². The predicted molar refractivity (Wildman–Crippen MR) is 72.0 cm³/mol. The minimum atomic E-state index is 0.152. The van der Waals surface area contributed by atoms with Crippen LogP contribution in [0.25, 0.3) is 0 Å². The Morgan fingerprint density at radius 1 is 1.18 bits per heavy atom. The average molecular weight is 240 g/mol. The van der Waals surface area contributed by atoms with Crippen molar-refractivity contribution in [3.05, 3.63) is 0 Å². The molecule has 0 aliphatic heterocycles. The minimum absolute atomic E-state index is 0.152. The second kappa shape index (κ2) is 8.51. The van der Waals surface area contributed by atoms with E-state index >= 15 is 0 Å². The molecule has 1 rings (SSSR count). The number of hydrogen-bond acceptors (Lipinski definition) is 2. The molecule has 0 atom stereocenters. The van der Waals surface area contributed by atoms with Gasteiger partial charge in [0.2, 0.25) is 5.91 Å². The molecule has 1 saturated carbocycles. The molecule has 100 valence electrons. The molecule has 0 saturated heterocycles. The molecule has 1 aliphatic rings. The third kappa shape index (κ3) is 9.16. The van der Waals surface area contributed by atoms with E-state index in [9.17, 15) is 4.79 Å². The van der Waals surface area contributed by atoms with Crippen molar-refractivity contribution in [2.75, 3.05) is 13.1 Å². The van der Waals surface area contributed by atoms with E-state index in [4.69, 9.17) is 0 Å². The van der Waals surface area contributed by atoms with Gasteiger partial charge in [0, 0.05) is 12.6 Å². The first kappa shape index (κ1) is 14.5. The molecule has 1 fully saturated rings. The molecule has 17 heavy (non-hydrogen) atoms. The fourth-order valence-corrected chi connectivity index (χ4v) is 1.85. The highest BCUT2D eigenvalue weighted by molar-refractivity contribution is 5.77. The van der Waals surface area contributed by atoms with Gasteiger partial charge in [-0.15, -0.1) is 0 Å². The van der Waals surface area contributed by atoms with Crippen LogP contribution >= 0.6 is 0 Å². The summed E-state index contributed by atoms with van der Waals surface area (Å²) in [5.41, 5.74) is 0. The maximum Gasteiger partial charge on any atom is 0.233 e. The molecule has 3 nitrogen and oxygen atoms in total. The lowest BCUT2D eigenvalue weighted by Crippen LogP contribution is -2.35. The monoisotopic (exact) mass is 240 g/mol. The Balaban J connectivity index is 1.77. The number of amides is 1. The summed E-state index contributed by atoms with van der Waals surface area (Å²) in [5, 5.41) is 6.18. The molecule has 1 amide bonds. The Morgan fingerprint density at radius 3 is 2.53 bits per heavy atom. The van der Waals surface area contributed by atoms with Crippen molar-refractivity contribution in [1.29, 1.82) is 0 Å².